The monoisotopic (exact) mass is 420 g/mol. The minimum absolute atomic E-state index is 0. The smallest absolute Gasteiger partial charge is 0.129 e. The Morgan fingerprint density at radius 1 is 0.800 bits per heavy atom. The van der Waals surface area contributed by atoms with Gasteiger partial charge in [-0.2, -0.15) is 0 Å². The number of nitrogens with zero attached hydrogens (tertiary/aromatic N) is 2. The lowest BCUT2D eigenvalue weighted by Gasteiger charge is -2.26. The molecule has 0 N–H and O–H groups in total. The minimum Gasteiger partial charge on any atom is -0.487 e. The molecule has 3 aromatic carbocycles. The van der Waals surface area contributed by atoms with Gasteiger partial charge in [0.25, 0.3) is 0 Å². The average molecular weight is 421 g/mol. The Labute approximate surface area is 184 Å². The van der Waals surface area contributed by atoms with Crippen LogP contribution < -0.4 is 4.74 Å². The number of rotatable bonds is 5. The van der Waals surface area contributed by atoms with E-state index in [2.05, 4.69) is 83.2 Å². The van der Waals surface area contributed by atoms with Crippen LogP contribution in [0.4, 0.5) is 0 Å². The van der Waals surface area contributed by atoms with Crippen LogP contribution in [0.2, 0.25) is 0 Å². The number of piperidine rings is 1. The summed E-state index contributed by atoms with van der Waals surface area (Å²) in [6, 6.07) is 23.5. The quantitative estimate of drug-likeness (QED) is 0.376. The van der Waals surface area contributed by atoms with E-state index in [0.717, 1.165) is 12.3 Å². The van der Waals surface area contributed by atoms with Crippen LogP contribution in [0.3, 0.4) is 0 Å². The van der Waals surface area contributed by atoms with Crippen LogP contribution in [-0.4, -0.2) is 22.6 Å². The lowest BCUT2D eigenvalue weighted by Crippen LogP contribution is -2.29. The van der Waals surface area contributed by atoms with Crippen molar-refractivity contribution >= 4 is 34.1 Å². The van der Waals surface area contributed by atoms with E-state index in [9.17, 15) is 0 Å². The van der Waals surface area contributed by atoms with Gasteiger partial charge in [0.1, 0.15) is 12.4 Å². The van der Waals surface area contributed by atoms with Crippen molar-refractivity contribution in [2.75, 3.05) is 13.1 Å². The number of hydrogen-bond acceptors (Lipinski definition) is 2. The molecule has 1 aliphatic rings. The summed E-state index contributed by atoms with van der Waals surface area (Å²) in [5, 5.41) is 3.75. The molecule has 30 heavy (non-hydrogen) atoms. The summed E-state index contributed by atoms with van der Waals surface area (Å²) >= 11 is 0. The molecule has 0 amide bonds. The zero-order valence-electron chi connectivity index (χ0n) is 17.5. The van der Waals surface area contributed by atoms with Gasteiger partial charge in [-0.1, -0.05) is 61.0 Å². The van der Waals surface area contributed by atoms with Gasteiger partial charge in [0.05, 0.1) is 5.69 Å². The molecule has 1 fully saturated rings. The van der Waals surface area contributed by atoms with E-state index in [-0.39, 0.29) is 12.4 Å². The highest BCUT2D eigenvalue weighted by Crippen LogP contribution is 2.30. The number of aryl methyl sites for hydroxylation is 1. The van der Waals surface area contributed by atoms with Crippen LogP contribution in [-0.2, 0) is 20.2 Å². The Morgan fingerprint density at radius 3 is 2.33 bits per heavy atom. The molecular formula is C26H29ClN2O. The lowest BCUT2D eigenvalue weighted by molar-refractivity contribution is 0.218. The second-order valence-electron chi connectivity index (χ2n) is 8.10. The van der Waals surface area contributed by atoms with Gasteiger partial charge in [0, 0.05) is 29.9 Å². The predicted molar refractivity (Wildman–Crippen MR) is 128 cm³/mol. The summed E-state index contributed by atoms with van der Waals surface area (Å²) in [6.07, 6.45) is 3.99. The van der Waals surface area contributed by atoms with Gasteiger partial charge in [-0.15, -0.1) is 12.4 Å². The van der Waals surface area contributed by atoms with Crippen LogP contribution in [0, 0.1) is 0 Å². The first kappa shape index (κ1) is 20.8. The van der Waals surface area contributed by atoms with Crippen LogP contribution in [0.5, 0.6) is 5.75 Å². The molecule has 1 saturated heterocycles. The zero-order chi connectivity index (χ0) is 19.6. The van der Waals surface area contributed by atoms with Gasteiger partial charge in [0.15, 0.2) is 0 Å². The summed E-state index contributed by atoms with van der Waals surface area (Å²) in [5.41, 5.74) is 3.99. The topological polar surface area (TPSA) is 17.4 Å². The van der Waals surface area contributed by atoms with E-state index in [0.29, 0.717) is 6.61 Å². The number of fused-ring (bicyclic) bond motifs is 2. The van der Waals surface area contributed by atoms with Crippen molar-refractivity contribution in [3.05, 3.63) is 78.0 Å². The minimum atomic E-state index is 0. The number of ether oxygens (including phenoxy) is 1. The molecule has 0 spiro atoms. The zero-order valence-corrected chi connectivity index (χ0v) is 18.3. The fraction of sp³-hybridized carbons (Fsp3) is 0.308. The molecule has 0 aliphatic carbocycles. The van der Waals surface area contributed by atoms with Gasteiger partial charge in [0.2, 0.25) is 0 Å². The maximum absolute atomic E-state index is 6.41. The number of para-hydroxylation sites is 1. The maximum atomic E-state index is 6.41. The Hall–Kier alpha value is -2.49. The highest BCUT2D eigenvalue weighted by atomic mass is 35.5. The molecular weight excluding hydrogens is 392 g/mol. The number of aromatic nitrogens is 1. The number of likely N-dealkylation sites (tertiary alicyclic amines) is 1. The van der Waals surface area contributed by atoms with Gasteiger partial charge in [-0.3, -0.25) is 4.90 Å². The van der Waals surface area contributed by atoms with E-state index >= 15 is 0 Å². The largest absolute Gasteiger partial charge is 0.487 e. The second kappa shape index (κ2) is 9.11. The Morgan fingerprint density at radius 2 is 1.50 bits per heavy atom. The molecule has 3 nitrogen and oxygen atoms in total. The first-order chi connectivity index (χ1) is 14.3. The highest BCUT2D eigenvalue weighted by Gasteiger charge is 2.19. The van der Waals surface area contributed by atoms with E-state index < -0.39 is 0 Å². The van der Waals surface area contributed by atoms with Crippen molar-refractivity contribution in [2.45, 2.75) is 32.4 Å². The van der Waals surface area contributed by atoms with Gasteiger partial charge in [-0.25, -0.2) is 0 Å². The standard InChI is InChI=1S/C26H28N2O.ClH/c1-27-24-14-6-5-13-22(24)23(18-28-16-7-2-8-17-28)25(27)19-29-26-15-9-11-20-10-3-4-12-21(20)26;/h3-6,9-15H,2,7-8,16-19H2,1H3;1H. The molecule has 1 aliphatic heterocycles. The fourth-order valence-electron chi connectivity index (χ4n) is 4.69. The normalized spacial score (nSPS) is 14.7. The molecule has 4 aromatic rings. The summed E-state index contributed by atoms with van der Waals surface area (Å²) in [5.74, 6) is 0.956. The first-order valence-electron chi connectivity index (χ1n) is 10.7. The number of halogens is 1. The summed E-state index contributed by atoms with van der Waals surface area (Å²) in [6.45, 7) is 4.00. The Bertz CT molecular complexity index is 1140. The molecule has 0 radical (unpaired) electrons. The molecule has 0 saturated carbocycles. The van der Waals surface area contributed by atoms with E-state index in [1.54, 1.807) is 0 Å². The Kier molecular flexibility index (Phi) is 6.31. The third kappa shape index (κ3) is 3.92. The van der Waals surface area contributed by atoms with Crippen LogP contribution in [0.25, 0.3) is 21.7 Å². The molecule has 0 atom stereocenters. The highest BCUT2D eigenvalue weighted by molar-refractivity contribution is 5.88. The number of benzene rings is 3. The van der Waals surface area contributed by atoms with E-state index in [1.165, 1.54) is 65.3 Å². The lowest BCUT2D eigenvalue weighted by atomic mass is 10.1. The molecule has 1 aromatic heterocycles. The third-order valence-electron chi connectivity index (χ3n) is 6.29. The molecule has 5 rings (SSSR count). The summed E-state index contributed by atoms with van der Waals surface area (Å²) < 4.78 is 8.73. The van der Waals surface area contributed by atoms with Crippen molar-refractivity contribution in [3.8, 4) is 5.75 Å². The summed E-state index contributed by atoms with van der Waals surface area (Å²) in [7, 11) is 2.17. The predicted octanol–water partition coefficient (Wildman–Crippen LogP) is 6.32. The third-order valence-corrected chi connectivity index (χ3v) is 6.29. The van der Waals surface area contributed by atoms with Crippen molar-refractivity contribution < 1.29 is 4.74 Å². The molecule has 156 valence electrons. The van der Waals surface area contributed by atoms with Gasteiger partial charge in [-0.05, 0) is 49.0 Å². The summed E-state index contributed by atoms with van der Waals surface area (Å²) in [4.78, 5) is 2.60. The van der Waals surface area contributed by atoms with Gasteiger partial charge < -0.3 is 9.30 Å². The van der Waals surface area contributed by atoms with Crippen LogP contribution in [0.1, 0.15) is 30.5 Å². The van der Waals surface area contributed by atoms with Crippen LogP contribution in [0.15, 0.2) is 66.7 Å². The Balaban J connectivity index is 0.00000218. The van der Waals surface area contributed by atoms with Crippen molar-refractivity contribution in [2.24, 2.45) is 7.05 Å². The molecule has 0 unspecified atom stereocenters. The van der Waals surface area contributed by atoms with Crippen molar-refractivity contribution in [1.82, 2.24) is 9.47 Å². The average Bonchev–Trinajstić information content (AvgIpc) is 3.04. The molecule has 4 heteroatoms. The maximum Gasteiger partial charge on any atom is 0.129 e. The first-order valence-corrected chi connectivity index (χ1v) is 10.7. The van der Waals surface area contributed by atoms with Gasteiger partial charge >= 0.3 is 0 Å². The van der Waals surface area contributed by atoms with Crippen molar-refractivity contribution in [3.63, 3.8) is 0 Å². The fourth-order valence-corrected chi connectivity index (χ4v) is 4.69. The molecule has 0 bridgehead atoms. The van der Waals surface area contributed by atoms with E-state index in [1.807, 2.05) is 0 Å². The van der Waals surface area contributed by atoms with Crippen molar-refractivity contribution in [1.29, 1.82) is 0 Å². The van der Waals surface area contributed by atoms with E-state index in [4.69, 9.17) is 4.74 Å². The SMILES string of the molecule is Cl.Cn1c(COc2cccc3ccccc23)c(CN2CCCCC2)c2ccccc21. The second-order valence-corrected chi connectivity index (χ2v) is 8.10. The number of hydrogen-bond donors (Lipinski definition) is 0. The van der Waals surface area contributed by atoms with Crippen LogP contribution >= 0.6 is 12.4 Å². The molecule has 2 heterocycles.